The zero-order chi connectivity index (χ0) is 25.3. The van der Waals surface area contributed by atoms with Gasteiger partial charge in [0.25, 0.3) is 11.2 Å². The van der Waals surface area contributed by atoms with E-state index in [9.17, 15) is 46.0 Å². The van der Waals surface area contributed by atoms with Crippen LogP contribution in [0.4, 0.5) is 37.7 Å². The highest BCUT2D eigenvalue weighted by Crippen LogP contribution is 2.37. The van der Waals surface area contributed by atoms with Crippen LogP contribution in [0.1, 0.15) is 11.1 Å². The maximum Gasteiger partial charge on any atom is 0.416 e. The minimum Gasteiger partial charge on any atom is -0.324 e. The topological polar surface area (TPSA) is 107 Å². The van der Waals surface area contributed by atoms with E-state index in [1.54, 1.807) is 0 Å². The molecule has 0 radical (unpaired) electrons. The van der Waals surface area contributed by atoms with Gasteiger partial charge >= 0.3 is 12.4 Å². The van der Waals surface area contributed by atoms with Gasteiger partial charge in [0.1, 0.15) is 6.54 Å². The van der Waals surface area contributed by atoms with E-state index in [4.69, 9.17) is 0 Å². The summed E-state index contributed by atoms with van der Waals surface area (Å²) in [7, 11) is 0. The van der Waals surface area contributed by atoms with Gasteiger partial charge in [-0.05, 0) is 36.4 Å². The number of benzene rings is 2. The van der Waals surface area contributed by atoms with Crippen LogP contribution in [0.25, 0.3) is 11.3 Å². The number of carbonyl (C=O) groups is 1. The predicted molar refractivity (Wildman–Crippen MR) is 106 cm³/mol. The average Bonchev–Trinajstić information content (AvgIpc) is 2.74. The summed E-state index contributed by atoms with van der Waals surface area (Å²) in [5, 5.41) is 16.6. The summed E-state index contributed by atoms with van der Waals surface area (Å²) in [4.78, 5) is 34.4. The number of halogens is 6. The highest BCUT2D eigenvalue weighted by atomic mass is 19.4. The Morgan fingerprint density at radius 3 is 2.00 bits per heavy atom. The van der Waals surface area contributed by atoms with Gasteiger partial charge in [-0.3, -0.25) is 19.7 Å². The molecule has 14 heteroatoms. The van der Waals surface area contributed by atoms with E-state index < -0.39 is 52.1 Å². The van der Waals surface area contributed by atoms with Crippen LogP contribution in [-0.4, -0.2) is 20.6 Å². The molecule has 178 valence electrons. The molecule has 1 heterocycles. The number of nitrogens with zero attached hydrogens (tertiary/aromatic N) is 3. The van der Waals surface area contributed by atoms with Crippen LogP contribution >= 0.6 is 0 Å². The molecule has 3 aromatic rings. The number of hydrogen-bond acceptors (Lipinski definition) is 5. The fraction of sp³-hybridized carbons (Fsp3) is 0.150. The number of nitrogens with one attached hydrogen (secondary N) is 1. The molecular weight excluding hydrogens is 474 g/mol. The van der Waals surface area contributed by atoms with Crippen molar-refractivity contribution in [2.45, 2.75) is 18.9 Å². The number of carbonyl (C=O) groups excluding carboxylic acids is 1. The summed E-state index contributed by atoms with van der Waals surface area (Å²) in [5.41, 5.74) is -4.49. The summed E-state index contributed by atoms with van der Waals surface area (Å²) in [5.74, 6) is -1.11. The van der Waals surface area contributed by atoms with Crippen LogP contribution in [-0.2, 0) is 23.7 Å². The number of anilines is 1. The molecule has 0 unspecified atom stereocenters. The second-order valence-corrected chi connectivity index (χ2v) is 6.86. The Labute approximate surface area is 185 Å². The van der Waals surface area contributed by atoms with Crippen molar-refractivity contribution in [3.05, 3.63) is 86.2 Å². The lowest BCUT2D eigenvalue weighted by Crippen LogP contribution is -2.29. The SMILES string of the molecule is O=C(Cn1nc(-c2ccc([N+](=O)[O-])cc2)ccc1=O)Nc1cc(C(F)(F)F)cc(C(F)(F)F)c1. The number of nitro benzene ring substituents is 1. The summed E-state index contributed by atoms with van der Waals surface area (Å²) in [6.07, 6.45) is -10.2. The van der Waals surface area contributed by atoms with Crippen molar-refractivity contribution in [3.8, 4) is 11.3 Å². The number of hydrogen-bond donors (Lipinski definition) is 1. The Morgan fingerprint density at radius 1 is 0.941 bits per heavy atom. The molecule has 8 nitrogen and oxygen atoms in total. The van der Waals surface area contributed by atoms with Crippen molar-refractivity contribution >= 4 is 17.3 Å². The maximum absolute atomic E-state index is 13.0. The van der Waals surface area contributed by atoms with Crippen LogP contribution < -0.4 is 10.9 Å². The molecule has 1 aromatic heterocycles. The molecule has 0 bridgehead atoms. The molecular formula is C20H12F6N4O4. The zero-order valence-corrected chi connectivity index (χ0v) is 16.6. The van der Waals surface area contributed by atoms with Crippen LogP contribution in [0.2, 0.25) is 0 Å². The van der Waals surface area contributed by atoms with Crippen molar-refractivity contribution in [2.24, 2.45) is 0 Å². The average molecular weight is 486 g/mol. The molecule has 0 aliphatic heterocycles. The number of aromatic nitrogens is 2. The summed E-state index contributed by atoms with van der Waals surface area (Å²) >= 11 is 0. The van der Waals surface area contributed by atoms with Gasteiger partial charge in [-0.1, -0.05) is 0 Å². The molecule has 0 aliphatic rings. The van der Waals surface area contributed by atoms with Crippen molar-refractivity contribution in [1.82, 2.24) is 9.78 Å². The summed E-state index contributed by atoms with van der Waals surface area (Å²) in [6, 6.07) is 7.94. The first-order valence-corrected chi connectivity index (χ1v) is 9.16. The third kappa shape index (κ3) is 5.76. The first kappa shape index (κ1) is 24.4. The molecule has 3 rings (SSSR count). The Kier molecular flexibility index (Phi) is 6.43. The lowest BCUT2D eigenvalue weighted by molar-refractivity contribution is -0.384. The Morgan fingerprint density at radius 2 is 1.50 bits per heavy atom. The van der Waals surface area contributed by atoms with Crippen molar-refractivity contribution < 1.29 is 36.1 Å². The van der Waals surface area contributed by atoms with E-state index in [1.807, 2.05) is 5.32 Å². The minimum absolute atomic E-state index is 0.0879. The second kappa shape index (κ2) is 8.96. The molecule has 0 fully saturated rings. The summed E-state index contributed by atoms with van der Waals surface area (Å²) < 4.78 is 78.5. The van der Waals surface area contributed by atoms with E-state index in [1.165, 1.54) is 30.3 Å². The number of alkyl halides is 6. The first-order chi connectivity index (χ1) is 15.7. The van der Waals surface area contributed by atoms with Crippen LogP contribution in [0, 0.1) is 10.1 Å². The molecule has 0 saturated heterocycles. The largest absolute Gasteiger partial charge is 0.416 e. The third-order valence-corrected chi connectivity index (χ3v) is 4.41. The Bertz CT molecular complexity index is 1270. The van der Waals surface area contributed by atoms with Gasteiger partial charge in [0.05, 0.1) is 21.7 Å². The zero-order valence-electron chi connectivity index (χ0n) is 16.6. The molecule has 0 spiro atoms. The van der Waals surface area contributed by atoms with Gasteiger partial charge < -0.3 is 5.32 Å². The number of amides is 1. The summed E-state index contributed by atoms with van der Waals surface area (Å²) in [6.45, 7) is -0.822. The lowest BCUT2D eigenvalue weighted by Gasteiger charge is -2.15. The highest BCUT2D eigenvalue weighted by molar-refractivity contribution is 5.90. The van der Waals surface area contributed by atoms with E-state index in [2.05, 4.69) is 5.10 Å². The predicted octanol–water partition coefficient (Wildman–Crippen LogP) is 4.49. The smallest absolute Gasteiger partial charge is 0.324 e. The van der Waals surface area contributed by atoms with Crippen molar-refractivity contribution in [2.75, 3.05) is 5.32 Å². The number of non-ortho nitro benzene ring substituents is 1. The van der Waals surface area contributed by atoms with Crippen LogP contribution in [0.15, 0.2) is 59.4 Å². The highest BCUT2D eigenvalue weighted by Gasteiger charge is 2.37. The molecule has 1 N–H and O–H groups in total. The first-order valence-electron chi connectivity index (χ1n) is 9.16. The van der Waals surface area contributed by atoms with Gasteiger partial charge in [-0.25, -0.2) is 4.68 Å². The van der Waals surface area contributed by atoms with Crippen LogP contribution in [0.3, 0.4) is 0 Å². The number of nitro groups is 1. The van der Waals surface area contributed by atoms with E-state index >= 15 is 0 Å². The van der Waals surface area contributed by atoms with Gasteiger partial charge in [0.2, 0.25) is 5.91 Å². The second-order valence-electron chi connectivity index (χ2n) is 6.86. The third-order valence-electron chi connectivity index (χ3n) is 4.41. The Hall–Kier alpha value is -4.23. The van der Waals surface area contributed by atoms with Gasteiger partial charge in [-0.2, -0.15) is 31.4 Å². The maximum atomic E-state index is 13.0. The normalized spacial score (nSPS) is 11.8. The molecule has 34 heavy (non-hydrogen) atoms. The molecule has 0 atom stereocenters. The Balaban J connectivity index is 1.86. The van der Waals surface area contributed by atoms with Crippen molar-refractivity contribution in [3.63, 3.8) is 0 Å². The van der Waals surface area contributed by atoms with E-state index in [-0.39, 0.29) is 17.4 Å². The molecule has 0 aliphatic carbocycles. The number of rotatable bonds is 5. The fourth-order valence-electron chi connectivity index (χ4n) is 2.83. The monoisotopic (exact) mass is 486 g/mol. The quantitative estimate of drug-likeness (QED) is 0.325. The lowest BCUT2D eigenvalue weighted by atomic mass is 10.1. The standard InChI is InChI=1S/C20H12F6N4O4/c21-19(22,23)12-7-13(20(24,25)26)9-14(8-12)27-17(31)10-29-18(32)6-5-16(28-29)11-1-3-15(4-2-11)30(33)34/h1-9H,10H2,(H,27,31). The fourth-order valence-corrected chi connectivity index (χ4v) is 2.83. The van der Waals surface area contributed by atoms with Crippen molar-refractivity contribution in [1.29, 1.82) is 0 Å². The molecule has 0 saturated carbocycles. The van der Waals surface area contributed by atoms with Crippen LogP contribution in [0.5, 0.6) is 0 Å². The van der Waals surface area contributed by atoms with E-state index in [0.29, 0.717) is 22.4 Å². The van der Waals surface area contributed by atoms with E-state index in [0.717, 1.165) is 6.07 Å². The van der Waals surface area contributed by atoms with Gasteiger partial charge in [-0.15, -0.1) is 0 Å². The van der Waals surface area contributed by atoms with Gasteiger partial charge in [0.15, 0.2) is 0 Å². The molecule has 1 amide bonds. The minimum atomic E-state index is -5.10. The van der Waals surface area contributed by atoms with Gasteiger partial charge in [0, 0.05) is 29.4 Å². The molecule has 2 aromatic carbocycles.